The first-order chi connectivity index (χ1) is 16.5. The van der Waals surface area contributed by atoms with Gasteiger partial charge in [0.05, 0.1) is 12.3 Å². The summed E-state index contributed by atoms with van der Waals surface area (Å²) in [6.45, 7) is 11.4. The van der Waals surface area contributed by atoms with Crippen molar-refractivity contribution < 1.29 is 19.1 Å². The largest absolute Gasteiger partial charge is 0.486 e. The molecule has 10 heteroatoms. The van der Waals surface area contributed by atoms with E-state index in [2.05, 4.69) is 20.2 Å². The highest BCUT2D eigenvalue weighted by atomic mass is 35.5. The summed E-state index contributed by atoms with van der Waals surface area (Å²) in [4.78, 5) is 38.3. The van der Waals surface area contributed by atoms with E-state index < -0.39 is 17.7 Å². The van der Waals surface area contributed by atoms with Crippen LogP contribution in [-0.2, 0) is 16.0 Å². The number of carbonyl (C=O) groups excluding carboxylic acids is 2. The SMILES string of the molecule is CC(C)Oc1cncnc1N1CCN(C(=O)[C@@H](Cc2ccc(Cl)cc2)NC(=O)OC(C)(C)C)CC1. The second kappa shape index (κ2) is 11.6. The topological polar surface area (TPSA) is 96.9 Å². The molecule has 2 aromatic rings. The summed E-state index contributed by atoms with van der Waals surface area (Å²) < 4.78 is 11.3. The first kappa shape index (κ1) is 26.5. The number of amides is 2. The highest BCUT2D eigenvalue weighted by molar-refractivity contribution is 6.30. The molecule has 1 saturated heterocycles. The van der Waals surface area contributed by atoms with E-state index in [0.29, 0.717) is 49.2 Å². The van der Waals surface area contributed by atoms with Crippen LogP contribution in [-0.4, -0.2) is 70.8 Å². The van der Waals surface area contributed by atoms with Crippen LogP contribution in [0.2, 0.25) is 5.02 Å². The Kier molecular flexibility index (Phi) is 8.77. The van der Waals surface area contributed by atoms with Crippen LogP contribution in [0.4, 0.5) is 10.6 Å². The van der Waals surface area contributed by atoms with Gasteiger partial charge in [-0.15, -0.1) is 0 Å². The maximum atomic E-state index is 13.5. The minimum Gasteiger partial charge on any atom is -0.486 e. The molecule has 35 heavy (non-hydrogen) atoms. The average molecular weight is 504 g/mol. The van der Waals surface area contributed by atoms with E-state index in [1.54, 1.807) is 44.0 Å². The fraction of sp³-hybridized carbons (Fsp3) is 0.520. The zero-order valence-corrected chi connectivity index (χ0v) is 21.7. The molecule has 0 bridgehead atoms. The molecule has 1 atom stereocenters. The maximum absolute atomic E-state index is 13.5. The van der Waals surface area contributed by atoms with Crippen molar-refractivity contribution in [3.05, 3.63) is 47.4 Å². The summed E-state index contributed by atoms with van der Waals surface area (Å²) >= 11 is 6.00. The Labute approximate surface area is 211 Å². The van der Waals surface area contributed by atoms with E-state index in [1.807, 2.05) is 26.0 Å². The number of ether oxygens (including phenoxy) is 2. The summed E-state index contributed by atoms with van der Waals surface area (Å²) in [5.41, 5.74) is 0.218. The van der Waals surface area contributed by atoms with Crippen molar-refractivity contribution in [2.45, 2.75) is 58.8 Å². The number of benzene rings is 1. The first-order valence-electron chi connectivity index (χ1n) is 11.8. The van der Waals surface area contributed by atoms with Gasteiger partial charge < -0.3 is 24.6 Å². The van der Waals surface area contributed by atoms with Crippen LogP contribution < -0.4 is 15.0 Å². The molecule has 0 aliphatic carbocycles. The number of alkyl carbamates (subject to hydrolysis) is 1. The zero-order valence-electron chi connectivity index (χ0n) is 21.0. The van der Waals surface area contributed by atoms with E-state index >= 15 is 0 Å². The van der Waals surface area contributed by atoms with Gasteiger partial charge in [-0.3, -0.25) is 4.79 Å². The molecule has 0 saturated carbocycles. The number of nitrogens with one attached hydrogen (secondary N) is 1. The van der Waals surface area contributed by atoms with Gasteiger partial charge in [0, 0.05) is 37.6 Å². The van der Waals surface area contributed by atoms with Gasteiger partial charge in [-0.1, -0.05) is 23.7 Å². The summed E-state index contributed by atoms with van der Waals surface area (Å²) in [6.07, 6.45) is 2.85. The lowest BCUT2D eigenvalue weighted by atomic mass is 10.0. The standard InChI is InChI=1S/C25H34ClN5O4/c1-17(2)34-21-15-27-16-28-22(21)30-10-12-31(13-11-30)23(32)20(29-24(33)35-25(3,4)5)14-18-6-8-19(26)9-7-18/h6-9,15-17,20H,10-14H2,1-5H3,(H,29,33)/t20-/m1/s1. The van der Waals surface area contributed by atoms with Crippen LogP contribution in [0, 0.1) is 0 Å². The minimum atomic E-state index is -0.767. The molecule has 0 unspecified atom stereocenters. The molecule has 1 aliphatic rings. The molecule has 9 nitrogen and oxygen atoms in total. The molecular weight excluding hydrogens is 470 g/mol. The number of anilines is 1. The molecule has 0 radical (unpaired) electrons. The van der Waals surface area contributed by atoms with Gasteiger partial charge in [0.2, 0.25) is 5.91 Å². The second-order valence-electron chi connectivity index (χ2n) is 9.72. The van der Waals surface area contributed by atoms with Crippen LogP contribution in [0.1, 0.15) is 40.2 Å². The van der Waals surface area contributed by atoms with Crippen molar-refractivity contribution in [2.24, 2.45) is 0 Å². The van der Waals surface area contributed by atoms with Crippen molar-refractivity contribution >= 4 is 29.4 Å². The van der Waals surface area contributed by atoms with Gasteiger partial charge in [-0.2, -0.15) is 0 Å². The van der Waals surface area contributed by atoms with Gasteiger partial charge in [-0.25, -0.2) is 14.8 Å². The fourth-order valence-electron chi connectivity index (χ4n) is 3.75. The molecule has 3 rings (SSSR count). The Morgan fingerprint density at radius 2 is 1.77 bits per heavy atom. The Morgan fingerprint density at radius 1 is 1.11 bits per heavy atom. The summed E-state index contributed by atoms with van der Waals surface area (Å²) in [6, 6.07) is 6.47. The molecule has 0 spiro atoms. The van der Waals surface area contributed by atoms with Gasteiger partial charge >= 0.3 is 6.09 Å². The third-order valence-electron chi connectivity index (χ3n) is 5.25. The van der Waals surface area contributed by atoms with Crippen molar-refractivity contribution in [1.82, 2.24) is 20.2 Å². The molecule has 2 heterocycles. The van der Waals surface area contributed by atoms with Crippen molar-refractivity contribution in [3.63, 3.8) is 0 Å². The van der Waals surface area contributed by atoms with E-state index in [4.69, 9.17) is 21.1 Å². The maximum Gasteiger partial charge on any atom is 0.408 e. The summed E-state index contributed by atoms with van der Waals surface area (Å²) in [5, 5.41) is 3.38. The number of hydrogen-bond acceptors (Lipinski definition) is 7. The van der Waals surface area contributed by atoms with Gasteiger partial charge in [0.25, 0.3) is 0 Å². The number of carbonyl (C=O) groups is 2. The fourth-order valence-corrected chi connectivity index (χ4v) is 3.88. The molecule has 2 amide bonds. The van der Waals surface area contributed by atoms with E-state index in [0.717, 1.165) is 5.56 Å². The summed E-state index contributed by atoms with van der Waals surface area (Å²) in [5.74, 6) is 1.17. The lowest BCUT2D eigenvalue weighted by Gasteiger charge is -2.37. The van der Waals surface area contributed by atoms with Crippen molar-refractivity contribution in [3.8, 4) is 5.75 Å². The Hall–Kier alpha value is -3.07. The number of aromatic nitrogens is 2. The molecule has 1 aromatic heterocycles. The Balaban J connectivity index is 1.70. The van der Waals surface area contributed by atoms with Crippen molar-refractivity contribution in [1.29, 1.82) is 0 Å². The van der Waals surface area contributed by atoms with Crippen LogP contribution in [0.25, 0.3) is 0 Å². The van der Waals surface area contributed by atoms with Crippen LogP contribution in [0.5, 0.6) is 5.75 Å². The van der Waals surface area contributed by atoms with Crippen LogP contribution in [0.3, 0.4) is 0 Å². The molecule has 190 valence electrons. The Bertz CT molecular complexity index is 1000. The number of piperazine rings is 1. The number of halogens is 1. The van der Waals surface area contributed by atoms with Gasteiger partial charge in [-0.05, 0) is 52.3 Å². The molecular formula is C25H34ClN5O4. The highest BCUT2D eigenvalue weighted by Gasteiger charge is 2.31. The predicted octanol–water partition coefficient (Wildman–Crippen LogP) is 3.70. The lowest BCUT2D eigenvalue weighted by Crippen LogP contribution is -2.56. The predicted molar refractivity (Wildman–Crippen MR) is 135 cm³/mol. The van der Waals surface area contributed by atoms with Crippen LogP contribution >= 0.6 is 11.6 Å². The Morgan fingerprint density at radius 3 is 2.37 bits per heavy atom. The third kappa shape index (κ3) is 7.99. The average Bonchev–Trinajstić information content (AvgIpc) is 2.78. The third-order valence-corrected chi connectivity index (χ3v) is 5.51. The number of hydrogen-bond donors (Lipinski definition) is 1. The van der Waals surface area contributed by atoms with Crippen LogP contribution in [0.15, 0.2) is 36.8 Å². The number of nitrogens with zero attached hydrogens (tertiary/aromatic N) is 4. The first-order valence-corrected chi connectivity index (χ1v) is 12.1. The minimum absolute atomic E-state index is 0.00447. The molecule has 1 N–H and O–H groups in total. The van der Waals surface area contributed by atoms with E-state index in [9.17, 15) is 9.59 Å². The normalized spacial score (nSPS) is 15.1. The summed E-state index contributed by atoms with van der Waals surface area (Å²) in [7, 11) is 0. The second-order valence-corrected chi connectivity index (χ2v) is 10.2. The smallest absolute Gasteiger partial charge is 0.408 e. The van der Waals surface area contributed by atoms with E-state index in [1.165, 1.54) is 6.33 Å². The molecule has 1 aromatic carbocycles. The zero-order chi connectivity index (χ0) is 25.6. The lowest BCUT2D eigenvalue weighted by molar-refractivity contribution is -0.133. The highest BCUT2D eigenvalue weighted by Crippen LogP contribution is 2.26. The quantitative estimate of drug-likeness (QED) is 0.615. The van der Waals surface area contributed by atoms with Gasteiger partial charge in [0.1, 0.15) is 18.0 Å². The molecule has 1 aliphatic heterocycles. The molecule has 1 fully saturated rings. The number of rotatable bonds is 7. The monoisotopic (exact) mass is 503 g/mol. The van der Waals surface area contributed by atoms with Crippen molar-refractivity contribution in [2.75, 3.05) is 31.1 Å². The van der Waals surface area contributed by atoms with E-state index in [-0.39, 0.29) is 12.0 Å². The van der Waals surface area contributed by atoms with Gasteiger partial charge in [0.15, 0.2) is 11.6 Å².